The van der Waals surface area contributed by atoms with Crippen molar-refractivity contribution < 1.29 is 4.43 Å². The third kappa shape index (κ3) is 11.6. The second kappa shape index (κ2) is 7.20. The van der Waals surface area contributed by atoms with Gasteiger partial charge in [-0.3, -0.25) is 4.90 Å². The monoisotopic (exact) mass is 288 g/mol. The summed E-state index contributed by atoms with van der Waals surface area (Å²) in [5.41, 5.74) is 0.427. The fraction of sp³-hybridized carbons (Fsp3) is 1.00. The normalized spacial score (nSPS) is 14.8. The molecular formula is C15H36N2OSi. The lowest BCUT2D eigenvalue weighted by Gasteiger charge is -2.37. The standard InChI is InChI=1S/C15H36N2OSi/c1-13(2,3)16-10-11-17(14(4,5)6)12-19-18-15(7,8)9/h16H,10-12,19H2,1-9H3. The van der Waals surface area contributed by atoms with Crippen LogP contribution in [0.2, 0.25) is 0 Å². The van der Waals surface area contributed by atoms with Crippen LogP contribution in [-0.2, 0) is 4.43 Å². The van der Waals surface area contributed by atoms with Crippen molar-refractivity contribution in [1.82, 2.24) is 10.2 Å². The van der Waals surface area contributed by atoms with Gasteiger partial charge in [-0.05, 0) is 62.3 Å². The molecule has 0 amide bonds. The summed E-state index contributed by atoms with van der Waals surface area (Å²) < 4.78 is 5.98. The molecule has 0 fully saturated rings. The zero-order valence-corrected chi connectivity index (χ0v) is 16.1. The summed E-state index contributed by atoms with van der Waals surface area (Å²) in [4.78, 5) is 2.55. The van der Waals surface area contributed by atoms with Crippen molar-refractivity contribution in [2.24, 2.45) is 0 Å². The number of hydrogen-bond donors (Lipinski definition) is 1. The highest BCUT2D eigenvalue weighted by Crippen LogP contribution is 2.13. The van der Waals surface area contributed by atoms with Crippen molar-refractivity contribution in [1.29, 1.82) is 0 Å². The van der Waals surface area contributed by atoms with Crippen LogP contribution in [0.15, 0.2) is 0 Å². The largest absolute Gasteiger partial charge is 0.418 e. The van der Waals surface area contributed by atoms with Gasteiger partial charge >= 0.3 is 0 Å². The molecule has 0 aromatic heterocycles. The van der Waals surface area contributed by atoms with Crippen LogP contribution in [-0.4, -0.2) is 50.6 Å². The summed E-state index contributed by atoms with van der Waals surface area (Å²) in [7, 11) is -0.484. The van der Waals surface area contributed by atoms with Gasteiger partial charge in [-0.15, -0.1) is 0 Å². The first kappa shape index (κ1) is 19.1. The van der Waals surface area contributed by atoms with Gasteiger partial charge < -0.3 is 9.74 Å². The highest BCUT2D eigenvalue weighted by atomic mass is 28.2. The van der Waals surface area contributed by atoms with Gasteiger partial charge in [0.25, 0.3) is 0 Å². The van der Waals surface area contributed by atoms with Gasteiger partial charge in [0.05, 0.1) is 0 Å². The van der Waals surface area contributed by atoms with E-state index in [0.717, 1.165) is 19.3 Å². The molecule has 0 rings (SSSR count). The highest BCUT2D eigenvalue weighted by molar-refractivity contribution is 6.27. The van der Waals surface area contributed by atoms with Gasteiger partial charge in [0.2, 0.25) is 0 Å². The van der Waals surface area contributed by atoms with Crippen LogP contribution in [0.1, 0.15) is 62.3 Å². The summed E-state index contributed by atoms with van der Waals surface area (Å²) >= 11 is 0. The first-order valence-corrected chi connectivity index (χ1v) is 9.03. The number of hydrogen-bond acceptors (Lipinski definition) is 3. The van der Waals surface area contributed by atoms with Crippen LogP contribution < -0.4 is 5.32 Å². The molecule has 0 aromatic rings. The van der Waals surface area contributed by atoms with Crippen LogP contribution >= 0.6 is 0 Å². The van der Waals surface area contributed by atoms with Crippen LogP contribution in [0.3, 0.4) is 0 Å². The second-order valence-corrected chi connectivity index (χ2v) is 9.44. The Kier molecular flexibility index (Phi) is 7.24. The predicted molar refractivity (Wildman–Crippen MR) is 88.5 cm³/mol. The molecule has 0 aliphatic carbocycles. The Labute approximate surface area is 123 Å². The minimum atomic E-state index is -0.484. The van der Waals surface area contributed by atoms with E-state index in [4.69, 9.17) is 4.43 Å². The van der Waals surface area contributed by atoms with E-state index in [0.29, 0.717) is 0 Å². The van der Waals surface area contributed by atoms with E-state index in [9.17, 15) is 0 Å². The van der Waals surface area contributed by atoms with Crippen molar-refractivity contribution in [2.45, 2.75) is 79.0 Å². The quantitative estimate of drug-likeness (QED) is 0.759. The first-order valence-electron chi connectivity index (χ1n) is 7.45. The Morgan fingerprint density at radius 3 is 1.84 bits per heavy atom. The molecule has 1 N–H and O–H groups in total. The lowest BCUT2D eigenvalue weighted by atomic mass is 10.1. The van der Waals surface area contributed by atoms with Gasteiger partial charge in [-0.25, -0.2) is 0 Å². The average molecular weight is 289 g/mol. The zero-order chi connectivity index (χ0) is 15.3. The molecule has 0 saturated heterocycles. The third-order valence-corrected chi connectivity index (χ3v) is 4.67. The Hall–Kier alpha value is 0.0969. The fourth-order valence-electron chi connectivity index (χ4n) is 1.81. The summed E-state index contributed by atoms with van der Waals surface area (Å²) in [5, 5.41) is 3.56. The molecule has 0 heterocycles. The maximum atomic E-state index is 5.98. The average Bonchev–Trinajstić information content (AvgIpc) is 2.09. The summed E-state index contributed by atoms with van der Waals surface area (Å²) in [5.74, 6) is 0. The van der Waals surface area contributed by atoms with Crippen molar-refractivity contribution in [3.63, 3.8) is 0 Å². The summed E-state index contributed by atoms with van der Waals surface area (Å²) in [6, 6.07) is 0. The van der Waals surface area contributed by atoms with E-state index in [1.807, 2.05) is 0 Å². The zero-order valence-electron chi connectivity index (χ0n) is 14.7. The number of rotatable bonds is 6. The third-order valence-electron chi connectivity index (χ3n) is 2.88. The van der Waals surface area contributed by atoms with Gasteiger partial charge in [-0.2, -0.15) is 0 Å². The number of nitrogens with one attached hydrogen (secondary N) is 1. The maximum Gasteiger partial charge on any atom is 0.176 e. The van der Waals surface area contributed by atoms with E-state index in [1.165, 1.54) is 0 Å². The Morgan fingerprint density at radius 2 is 1.47 bits per heavy atom. The van der Waals surface area contributed by atoms with Crippen molar-refractivity contribution in [3.05, 3.63) is 0 Å². The van der Waals surface area contributed by atoms with Crippen LogP contribution in [0, 0.1) is 0 Å². The van der Waals surface area contributed by atoms with Gasteiger partial charge in [0, 0.05) is 35.9 Å². The Morgan fingerprint density at radius 1 is 0.947 bits per heavy atom. The van der Waals surface area contributed by atoms with E-state index in [1.54, 1.807) is 0 Å². The molecule has 0 radical (unpaired) electrons. The van der Waals surface area contributed by atoms with Crippen molar-refractivity contribution in [2.75, 3.05) is 19.3 Å². The summed E-state index contributed by atoms with van der Waals surface area (Å²) in [6.07, 6.45) is 1.12. The van der Waals surface area contributed by atoms with Crippen LogP contribution in [0.25, 0.3) is 0 Å². The molecule has 0 unspecified atom stereocenters. The Bertz CT molecular complexity index is 228. The molecular weight excluding hydrogens is 252 g/mol. The first-order chi connectivity index (χ1) is 8.31. The maximum absolute atomic E-state index is 5.98. The molecule has 0 spiro atoms. The predicted octanol–water partition coefficient (Wildman–Crippen LogP) is 2.33. The van der Waals surface area contributed by atoms with Crippen LogP contribution in [0.5, 0.6) is 0 Å². The van der Waals surface area contributed by atoms with E-state index in [2.05, 4.69) is 72.5 Å². The van der Waals surface area contributed by atoms with Gasteiger partial charge in [0.15, 0.2) is 9.76 Å². The molecule has 0 aliphatic heterocycles. The minimum absolute atomic E-state index is 0.0133. The molecule has 4 heteroatoms. The SMILES string of the molecule is CC(C)(C)NCCN(C[SiH2]OC(C)(C)C)C(C)(C)C. The Balaban J connectivity index is 4.19. The molecule has 0 bridgehead atoms. The smallest absolute Gasteiger partial charge is 0.176 e. The fourth-order valence-corrected chi connectivity index (χ4v) is 3.63. The molecule has 0 aromatic carbocycles. The molecule has 0 saturated carbocycles. The van der Waals surface area contributed by atoms with Crippen LogP contribution in [0.4, 0.5) is 0 Å². The van der Waals surface area contributed by atoms with E-state index in [-0.39, 0.29) is 16.7 Å². The lowest BCUT2D eigenvalue weighted by molar-refractivity contribution is 0.115. The highest BCUT2D eigenvalue weighted by Gasteiger charge is 2.22. The topological polar surface area (TPSA) is 24.5 Å². The second-order valence-electron chi connectivity index (χ2n) is 8.30. The van der Waals surface area contributed by atoms with Gasteiger partial charge in [0.1, 0.15) is 0 Å². The van der Waals surface area contributed by atoms with Gasteiger partial charge in [-0.1, -0.05) is 0 Å². The van der Waals surface area contributed by atoms with E-state index >= 15 is 0 Å². The molecule has 19 heavy (non-hydrogen) atoms. The minimum Gasteiger partial charge on any atom is -0.418 e. The van der Waals surface area contributed by atoms with Crippen molar-refractivity contribution in [3.8, 4) is 0 Å². The summed E-state index contributed by atoms with van der Waals surface area (Å²) in [6.45, 7) is 22.0. The molecule has 116 valence electrons. The number of nitrogens with zero attached hydrogens (tertiary/aromatic N) is 1. The lowest BCUT2D eigenvalue weighted by Crippen LogP contribution is -2.49. The molecule has 0 atom stereocenters. The van der Waals surface area contributed by atoms with Crippen molar-refractivity contribution >= 4 is 9.76 Å². The molecule has 0 aliphatic rings. The molecule has 3 nitrogen and oxygen atoms in total. The van der Waals surface area contributed by atoms with E-state index < -0.39 is 9.76 Å².